The number of nitrogens with one attached hydrogen (secondary N) is 3. The molecule has 0 saturated carbocycles. The van der Waals surface area contributed by atoms with Crippen LogP contribution in [0.4, 0.5) is 0 Å². The Kier molecular flexibility index (Phi) is 12.5. The predicted octanol–water partition coefficient (Wildman–Crippen LogP) is 1.99. The Bertz CT molecular complexity index is 1450. The first kappa shape index (κ1) is 32.3. The lowest BCUT2D eigenvalue weighted by Gasteiger charge is -2.19. The van der Waals surface area contributed by atoms with Crippen molar-refractivity contribution < 1.29 is 37.4 Å². The number of carbonyl (C=O) groups is 4. The van der Waals surface area contributed by atoms with Crippen LogP contribution in [-0.2, 0) is 36.6 Å². The van der Waals surface area contributed by atoms with Gasteiger partial charge in [0.15, 0.2) is 6.61 Å². The fourth-order valence-electron chi connectivity index (χ4n) is 3.69. The van der Waals surface area contributed by atoms with Crippen LogP contribution in [0.1, 0.15) is 21.5 Å². The second kappa shape index (κ2) is 16.3. The number of carboxylic acids is 1. The van der Waals surface area contributed by atoms with Crippen molar-refractivity contribution in [2.75, 3.05) is 25.4 Å². The summed E-state index contributed by atoms with van der Waals surface area (Å²) < 4.78 is 33.4. The summed E-state index contributed by atoms with van der Waals surface area (Å²) in [5.74, 6) is -2.21. The minimum absolute atomic E-state index is 0.00363. The molecule has 4 N–H and O–H groups in total. The summed E-state index contributed by atoms with van der Waals surface area (Å²) >= 11 is 0.867. The second-order valence-corrected chi connectivity index (χ2v) is 11.7. The standard InChI is InChI=1S/C29H31N3O8S2/c33-26(19-41-29(37)23-9-5-2-6-10-23)30-15-16-31-28(36)25(32-42(38,39)20-22-7-3-1-4-8-22)17-21-11-13-24(14-12-21)40-18-27(34)35/h1-14,25,32H,15-20H2,(H,30,33)(H,31,36)(H,34,35)/t25-/m0/s1. The van der Waals surface area contributed by atoms with Gasteiger partial charge in [-0.3, -0.25) is 14.4 Å². The lowest BCUT2D eigenvalue weighted by Crippen LogP contribution is -2.49. The minimum atomic E-state index is -3.91. The van der Waals surface area contributed by atoms with Gasteiger partial charge < -0.3 is 20.5 Å². The largest absolute Gasteiger partial charge is 0.482 e. The molecule has 13 heteroatoms. The number of thioether (sulfide) groups is 1. The van der Waals surface area contributed by atoms with Crippen LogP contribution in [0.3, 0.4) is 0 Å². The van der Waals surface area contributed by atoms with Gasteiger partial charge in [0.2, 0.25) is 27.0 Å². The molecule has 1 atom stereocenters. The van der Waals surface area contributed by atoms with Crippen molar-refractivity contribution in [1.29, 1.82) is 0 Å². The fraction of sp³-hybridized carbons (Fsp3) is 0.241. The molecule has 3 aromatic carbocycles. The molecular formula is C29H31N3O8S2. The zero-order valence-electron chi connectivity index (χ0n) is 22.5. The van der Waals surface area contributed by atoms with Crippen LogP contribution in [0.5, 0.6) is 5.75 Å². The van der Waals surface area contributed by atoms with Crippen LogP contribution in [0.2, 0.25) is 0 Å². The number of amides is 2. The van der Waals surface area contributed by atoms with E-state index in [1.807, 2.05) is 0 Å². The molecule has 0 spiro atoms. The van der Waals surface area contributed by atoms with Crippen LogP contribution in [0, 0.1) is 0 Å². The lowest BCUT2D eigenvalue weighted by atomic mass is 10.1. The van der Waals surface area contributed by atoms with Gasteiger partial charge in [-0.15, -0.1) is 0 Å². The topological polar surface area (TPSA) is 168 Å². The van der Waals surface area contributed by atoms with Crippen LogP contribution in [0.15, 0.2) is 84.9 Å². The van der Waals surface area contributed by atoms with Crippen molar-refractivity contribution in [3.05, 3.63) is 102 Å². The van der Waals surface area contributed by atoms with Gasteiger partial charge in [0.05, 0.1) is 11.5 Å². The quantitative estimate of drug-likeness (QED) is 0.177. The molecule has 0 aliphatic rings. The third kappa shape index (κ3) is 11.7. The molecule has 11 nitrogen and oxygen atoms in total. The highest BCUT2D eigenvalue weighted by Gasteiger charge is 2.25. The highest BCUT2D eigenvalue weighted by Crippen LogP contribution is 2.15. The third-order valence-electron chi connectivity index (χ3n) is 5.65. The van der Waals surface area contributed by atoms with Crippen LogP contribution in [0.25, 0.3) is 0 Å². The predicted molar refractivity (Wildman–Crippen MR) is 159 cm³/mol. The summed E-state index contributed by atoms with van der Waals surface area (Å²) in [4.78, 5) is 48.0. The summed E-state index contributed by atoms with van der Waals surface area (Å²) in [5, 5.41) is 13.8. The second-order valence-electron chi connectivity index (χ2n) is 9.03. The summed E-state index contributed by atoms with van der Waals surface area (Å²) in [6, 6.07) is 22.2. The smallest absolute Gasteiger partial charge is 0.341 e. The molecule has 42 heavy (non-hydrogen) atoms. The zero-order valence-corrected chi connectivity index (χ0v) is 24.2. The van der Waals surface area contributed by atoms with E-state index < -0.39 is 34.5 Å². The summed E-state index contributed by atoms with van der Waals surface area (Å²) in [6.45, 7) is -0.410. The van der Waals surface area contributed by atoms with Gasteiger partial charge in [0.1, 0.15) is 11.8 Å². The van der Waals surface area contributed by atoms with Gasteiger partial charge in [-0.05, 0) is 29.7 Å². The molecule has 0 aliphatic carbocycles. The molecule has 0 heterocycles. The maximum atomic E-state index is 13.0. The van der Waals surface area contributed by atoms with Gasteiger partial charge in [-0.2, -0.15) is 0 Å². The Balaban J connectivity index is 1.55. The van der Waals surface area contributed by atoms with E-state index in [2.05, 4.69) is 15.4 Å². The number of rotatable bonds is 16. The maximum Gasteiger partial charge on any atom is 0.341 e. The van der Waals surface area contributed by atoms with Gasteiger partial charge in [-0.1, -0.05) is 84.6 Å². The van der Waals surface area contributed by atoms with Crippen molar-refractivity contribution in [1.82, 2.24) is 15.4 Å². The molecule has 0 unspecified atom stereocenters. The van der Waals surface area contributed by atoms with Gasteiger partial charge in [0.25, 0.3) is 0 Å². The first-order chi connectivity index (χ1) is 20.1. The zero-order chi connectivity index (χ0) is 30.4. The van der Waals surface area contributed by atoms with E-state index in [0.29, 0.717) is 22.4 Å². The molecule has 0 radical (unpaired) electrons. The molecule has 0 fully saturated rings. The Morgan fingerprint density at radius 3 is 2.07 bits per heavy atom. The highest BCUT2D eigenvalue weighted by molar-refractivity contribution is 8.14. The van der Waals surface area contributed by atoms with Crippen molar-refractivity contribution in [2.24, 2.45) is 0 Å². The molecule has 3 rings (SSSR count). The van der Waals surface area contributed by atoms with Gasteiger partial charge >= 0.3 is 5.97 Å². The molecule has 0 aliphatic heterocycles. The van der Waals surface area contributed by atoms with E-state index in [1.54, 1.807) is 72.8 Å². The molecule has 3 aromatic rings. The number of hydrogen-bond acceptors (Lipinski definition) is 8. The molecule has 0 saturated heterocycles. The van der Waals surface area contributed by atoms with E-state index in [4.69, 9.17) is 9.84 Å². The molecule has 0 bridgehead atoms. The minimum Gasteiger partial charge on any atom is -0.482 e. The number of benzene rings is 3. The first-order valence-corrected chi connectivity index (χ1v) is 15.5. The maximum absolute atomic E-state index is 13.0. The fourth-order valence-corrected chi connectivity index (χ4v) is 5.70. The van der Waals surface area contributed by atoms with Crippen LogP contribution < -0.4 is 20.1 Å². The van der Waals surface area contributed by atoms with E-state index in [9.17, 15) is 27.6 Å². The highest BCUT2D eigenvalue weighted by atomic mass is 32.2. The van der Waals surface area contributed by atoms with Crippen molar-refractivity contribution >= 4 is 44.7 Å². The van der Waals surface area contributed by atoms with E-state index >= 15 is 0 Å². The summed E-state index contributed by atoms with van der Waals surface area (Å²) in [5.41, 5.74) is 1.65. The normalized spacial score (nSPS) is 11.7. The SMILES string of the molecule is O=C(O)COc1ccc(C[C@H](NS(=O)(=O)Cc2ccccc2)C(=O)NCCNC(=O)CSC(=O)c2ccccc2)cc1. The molecular weight excluding hydrogens is 582 g/mol. The lowest BCUT2D eigenvalue weighted by molar-refractivity contribution is -0.139. The number of hydrogen-bond donors (Lipinski definition) is 4. The van der Waals surface area contributed by atoms with Crippen LogP contribution in [-0.4, -0.2) is 67.9 Å². The Morgan fingerprint density at radius 1 is 0.810 bits per heavy atom. The number of carboxylic acid groups (broad SMARTS) is 1. The van der Waals surface area contributed by atoms with Gasteiger partial charge in [-0.25, -0.2) is 17.9 Å². The monoisotopic (exact) mass is 613 g/mol. The Labute approximate surface area is 248 Å². The summed E-state index contributed by atoms with van der Waals surface area (Å²) in [6.07, 6.45) is 0.00363. The Morgan fingerprint density at radius 2 is 1.43 bits per heavy atom. The Hall–Kier alpha value is -4.20. The average Bonchev–Trinajstić information content (AvgIpc) is 2.97. The summed E-state index contributed by atoms with van der Waals surface area (Å²) in [7, 11) is -3.91. The van der Waals surface area contributed by atoms with Crippen molar-refractivity contribution in [3.8, 4) is 5.75 Å². The molecule has 0 aromatic heterocycles. The number of ether oxygens (including phenoxy) is 1. The molecule has 222 valence electrons. The van der Waals surface area contributed by atoms with E-state index in [0.717, 1.165) is 11.8 Å². The number of sulfonamides is 1. The third-order valence-corrected chi connectivity index (χ3v) is 7.91. The average molecular weight is 614 g/mol. The van der Waals surface area contributed by atoms with E-state index in [1.165, 1.54) is 12.1 Å². The van der Waals surface area contributed by atoms with Crippen molar-refractivity contribution in [3.63, 3.8) is 0 Å². The van der Waals surface area contributed by atoms with E-state index in [-0.39, 0.29) is 42.0 Å². The molecule has 2 amide bonds. The number of carbonyl (C=O) groups excluding carboxylic acids is 3. The van der Waals surface area contributed by atoms with Crippen LogP contribution >= 0.6 is 11.8 Å². The van der Waals surface area contributed by atoms with Gasteiger partial charge in [0, 0.05) is 18.7 Å². The first-order valence-electron chi connectivity index (χ1n) is 12.9. The van der Waals surface area contributed by atoms with Crippen molar-refractivity contribution in [2.45, 2.75) is 18.2 Å². The number of aliphatic carboxylic acids is 1.